The number of aryl methyl sites for hydroxylation is 1. The van der Waals surface area contributed by atoms with E-state index in [0.29, 0.717) is 5.69 Å². The van der Waals surface area contributed by atoms with E-state index in [9.17, 15) is 0 Å². The lowest BCUT2D eigenvalue weighted by atomic mass is 9.86. The molecule has 0 spiro atoms. The van der Waals surface area contributed by atoms with E-state index >= 15 is 0 Å². The van der Waals surface area contributed by atoms with E-state index < -0.39 is 0 Å². The van der Waals surface area contributed by atoms with Crippen molar-refractivity contribution < 1.29 is 0 Å². The fourth-order valence-electron chi connectivity index (χ4n) is 1.93. The third kappa shape index (κ3) is 2.28. The number of nitrogens with zero attached hydrogens (tertiary/aromatic N) is 3. The van der Waals surface area contributed by atoms with Gasteiger partial charge in [-0.2, -0.15) is 10.4 Å². The first-order valence-electron chi connectivity index (χ1n) is 5.97. The minimum absolute atomic E-state index is 0.156. The molecule has 0 atom stereocenters. The largest absolute Gasteiger partial charge is 0.267 e. The molecule has 0 amide bonds. The van der Waals surface area contributed by atoms with Crippen molar-refractivity contribution in [2.45, 2.75) is 26.2 Å². The van der Waals surface area contributed by atoms with E-state index in [1.54, 1.807) is 4.68 Å². The molecule has 0 N–H and O–H groups in total. The number of hydrogen-bond acceptors (Lipinski definition) is 2. The van der Waals surface area contributed by atoms with Crippen molar-refractivity contribution in [3.8, 4) is 17.3 Å². The third-order valence-electron chi connectivity index (χ3n) is 3.04. The van der Waals surface area contributed by atoms with Gasteiger partial charge in [-0.15, -0.1) is 0 Å². The maximum atomic E-state index is 8.85. The molecule has 3 heteroatoms. The van der Waals surface area contributed by atoms with Crippen molar-refractivity contribution in [1.29, 1.82) is 5.26 Å². The zero-order chi connectivity index (χ0) is 13.3. The standard InChI is InChI=1S/C15H17N3/c1-15(2,3)12-7-5-11(6-8-12)14-9-13(10-16)17-18(14)4/h5-9H,1-4H3. The summed E-state index contributed by atoms with van der Waals surface area (Å²) in [6.45, 7) is 6.58. The van der Waals surface area contributed by atoms with E-state index in [4.69, 9.17) is 5.26 Å². The van der Waals surface area contributed by atoms with E-state index in [-0.39, 0.29) is 5.41 Å². The van der Waals surface area contributed by atoms with Crippen molar-refractivity contribution >= 4 is 0 Å². The Kier molecular flexibility index (Phi) is 2.96. The molecule has 0 saturated heterocycles. The van der Waals surface area contributed by atoms with Crippen molar-refractivity contribution in [1.82, 2.24) is 9.78 Å². The van der Waals surface area contributed by atoms with E-state index in [0.717, 1.165) is 11.3 Å². The summed E-state index contributed by atoms with van der Waals surface area (Å²) in [5.74, 6) is 0. The summed E-state index contributed by atoms with van der Waals surface area (Å²) >= 11 is 0. The van der Waals surface area contributed by atoms with Crippen LogP contribution in [0, 0.1) is 11.3 Å². The topological polar surface area (TPSA) is 41.6 Å². The third-order valence-corrected chi connectivity index (χ3v) is 3.04. The predicted molar refractivity (Wildman–Crippen MR) is 72.1 cm³/mol. The molecule has 92 valence electrons. The minimum atomic E-state index is 0.156. The molecule has 0 fully saturated rings. The maximum absolute atomic E-state index is 8.85. The Bertz CT molecular complexity index is 592. The lowest BCUT2D eigenvalue weighted by Crippen LogP contribution is -2.10. The number of hydrogen-bond donors (Lipinski definition) is 0. The van der Waals surface area contributed by atoms with Crippen LogP contribution in [0.5, 0.6) is 0 Å². The van der Waals surface area contributed by atoms with Crippen LogP contribution in [0.25, 0.3) is 11.3 Å². The average Bonchev–Trinajstić information content (AvgIpc) is 2.70. The molecule has 0 unspecified atom stereocenters. The summed E-state index contributed by atoms with van der Waals surface area (Å²) in [5, 5.41) is 13.0. The maximum Gasteiger partial charge on any atom is 0.163 e. The molecule has 2 aromatic rings. The van der Waals surface area contributed by atoms with Crippen molar-refractivity contribution in [2.75, 3.05) is 0 Å². The zero-order valence-electron chi connectivity index (χ0n) is 11.2. The zero-order valence-corrected chi connectivity index (χ0v) is 11.2. The van der Waals surface area contributed by atoms with E-state index in [2.05, 4.69) is 56.2 Å². The molecule has 2 rings (SSSR count). The highest BCUT2D eigenvalue weighted by atomic mass is 15.3. The summed E-state index contributed by atoms with van der Waals surface area (Å²) in [7, 11) is 1.86. The molecule has 0 saturated carbocycles. The molecule has 0 aliphatic carbocycles. The van der Waals surface area contributed by atoms with E-state index in [1.807, 2.05) is 13.1 Å². The normalized spacial score (nSPS) is 11.3. The van der Waals surface area contributed by atoms with Gasteiger partial charge in [0.15, 0.2) is 5.69 Å². The minimum Gasteiger partial charge on any atom is -0.267 e. The van der Waals surface area contributed by atoms with Gasteiger partial charge in [-0.1, -0.05) is 45.0 Å². The van der Waals surface area contributed by atoms with Crippen LogP contribution in [0.4, 0.5) is 0 Å². The summed E-state index contributed by atoms with van der Waals surface area (Å²) in [6, 6.07) is 12.3. The van der Waals surface area contributed by atoms with Gasteiger partial charge in [-0.3, -0.25) is 4.68 Å². The number of nitriles is 1. The van der Waals surface area contributed by atoms with Crippen molar-refractivity contribution in [2.24, 2.45) is 7.05 Å². The first-order chi connectivity index (χ1) is 8.41. The number of aromatic nitrogens is 2. The van der Waals surface area contributed by atoms with Gasteiger partial charge in [0.05, 0.1) is 5.69 Å². The molecule has 3 nitrogen and oxygen atoms in total. The van der Waals surface area contributed by atoms with Gasteiger partial charge < -0.3 is 0 Å². The Balaban J connectivity index is 2.41. The van der Waals surface area contributed by atoms with Crippen LogP contribution in [0.1, 0.15) is 32.0 Å². The highest BCUT2D eigenvalue weighted by Crippen LogP contribution is 2.26. The van der Waals surface area contributed by atoms with Crippen LogP contribution in [-0.4, -0.2) is 9.78 Å². The Morgan fingerprint density at radius 2 is 1.78 bits per heavy atom. The van der Waals surface area contributed by atoms with E-state index in [1.165, 1.54) is 5.56 Å². The van der Waals surface area contributed by atoms with Crippen molar-refractivity contribution in [3.63, 3.8) is 0 Å². The van der Waals surface area contributed by atoms with Crippen LogP contribution >= 0.6 is 0 Å². The molecular formula is C15H17N3. The average molecular weight is 239 g/mol. The highest BCUT2D eigenvalue weighted by Gasteiger charge is 2.14. The first kappa shape index (κ1) is 12.4. The summed E-state index contributed by atoms with van der Waals surface area (Å²) in [6.07, 6.45) is 0. The van der Waals surface area contributed by atoms with Crippen LogP contribution in [0.3, 0.4) is 0 Å². The highest BCUT2D eigenvalue weighted by molar-refractivity contribution is 5.61. The van der Waals surface area contributed by atoms with Gasteiger partial charge in [-0.05, 0) is 16.5 Å². The Labute approximate surface area is 108 Å². The Hall–Kier alpha value is -2.08. The first-order valence-corrected chi connectivity index (χ1v) is 5.97. The van der Waals surface area contributed by atoms with Gasteiger partial charge in [0.1, 0.15) is 6.07 Å². The quantitative estimate of drug-likeness (QED) is 0.766. The van der Waals surface area contributed by atoms with Gasteiger partial charge in [0.2, 0.25) is 0 Å². The van der Waals surface area contributed by atoms with Crippen LogP contribution in [0.2, 0.25) is 0 Å². The predicted octanol–water partition coefficient (Wildman–Crippen LogP) is 3.26. The molecule has 1 aromatic heterocycles. The smallest absolute Gasteiger partial charge is 0.163 e. The molecule has 0 aliphatic heterocycles. The number of rotatable bonds is 1. The Morgan fingerprint density at radius 1 is 1.17 bits per heavy atom. The lowest BCUT2D eigenvalue weighted by molar-refractivity contribution is 0.590. The molecule has 1 heterocycles. The molecule has 0 bridgehead atoms. The second-order valence-electron chi connectivity index (χ2n) is 5.48. The summed E-state index contributed by atoms with van der Waals surface area (Å²) < 4.78 is 1.74. The van der Waals surface area contributed by atoms with Gasteiger partial charge >= 0.3 is 0 Å². The lowest BCUT2D eigenvalue weighted by Gasteiger charge is -2.19. The van der Waals surface area contributed by atoms with Gasteiger partial charge in [-0.25, -0.2) is 0 Å². The molecule has 1 aromatic carbocycles. The van der Waals surface area contributed by atoms with Crippen molar-refractivity contribution in [3.05, 3.63) is 41.6 Å². The fraction of sp³-hybridized carbons (Fsp3) is 0.333. The SMILES string of the molecule is Cn1nc(C#N)cc1-c1ccc(C(C)(C)C)cc1. The second kappa shape index (κ2) is 4.30. The summed E-state index contributed by atoms with van der Waals surface area (Å²) in [4.78, 5) is 0. The molecular weight excluding hydrogens is 222 g/mol. The monoisotopic (exact) mass is 239 g/mol. The Morgan fingerprint density at radius 3 is 2.22 bits per heavy atom. The fourth-order valence-corrected chi connectivity index (χ4v) is 1.93. The summed E-state index contributed by atoms with van der Waals surface area (Å²) in [5.41, 5.74) is 3.95. The van der Waals surface area contributed by atoms with Crippen LogP contribution in [-0.2, 0) is 12.5 Å². The number of benzene rings is 1. The van der Waals surface area contributed by atoms with Gasteiger partial charge in [0.25, 0.3) is 0 Å². The van der Waals surface area contributed by atoms with Crippen LogP contribution in [0.15, 0.2) is 30.3 Å². The molecule has 18 heavy (non-hydrogen) atoms. The van der Waals surface area contributed by atoms with Crippen LogP contribution < -0.4 is 0 Å². The molecule has 0 radical (unpaired) electrons. The molecule has 0 aliphatic rings. The second-order valence-corrected chi connectivity index (χ2v) is 5.48. The van der Waals surface area contributed by atoms with Gasteiger partial charge in [0, 0.05) is 13.1 Å².